The number of amidine groups is 3. The number of hydrogen-bond acceptors (Lipinski definition) is 8. The van der Waals surface area contributed by atoms with Crippen molar-refractivity contribution < 1.29 is 22.7 Å². The Morgan fingerprint density at radius 2 is 1.91 bits per heavy atom. The van der Waals surface area contributed by atoms with Gasteiger partial charge in [-0.25, -0.2) is 18.1 Å². The van der Waals surface area contributed by atoms with Gasteiger partial charge < -0.3 is 4.74 Å². The first-order valence-electron chi connectivity index (χ1n) is 9.21. The number of aryl methyl sites for hydroxylation is 1. The Bertz CT molecular complexity index is 1360. The maximum Gasteiger partial charge on any atom is 0.343 e. The van der Waals surface area contributed by atoms with Gasteiger partial charge >= 0.3 is 5.97 Å². The summed E-state index contributed by atoms with van der Waals surface area (Å²) in [5.41, 5.74) is 1.82. The Morgan fingerprint density at radius 3 is 2.56 bits per heavy atom. The molecule has 2 heterocycles. The molecule has 0 spiro atoms. The molecule has 2 aliphatic heterocycles. The summed E-state index contributed by atoms with van der Waals surface area (Å²) in [5, 5.41) is 8.02. The second-order valence-electron chi connectivity index (χ2n) is 7.01. The summed E-state index contributed by atoms with van der Waals surface area (Å²) in [6.07, 6.45) is 2.39. The van der Waals surface area contributed by atoms with Crippen LogP contribution < -0.4 is 4.74 Å². The fourth-order valence-corrected chi connectivity index (χ4v) is 4.82. The van der Waals surface area contributed by atoms with Crippen LogP contribution in [0.25, 0.3) is 6.08 Å². The third kappa shape index (κ3) is 4.25. The van der Waals surface area contributed by atoms with Crippen LogP contribution in [-0.4, -0.2) is 47.6 Å². The number of aliphatic imine (C=N–C) groups is 1. The summed E-state index contributed by atoms with van der Waals surface area (Å²) < 4.78 is 33.1. The molecule has 4 rings (SSSR count). The standard InChI is InChI=1S/C21H16N4O5S2/c1-12-4-3-5-14(10-12)19(27)30-15-8-6-13(7-9-15)11-16-17(22)25-20(23-18(16)26)31-24-21(25)32(2,28)29/h3-11,22H,1-2H3/b16-11-,22-17?. The van der Waals surface area contributed by atoms with E-state index in [0.717, 1.165) is 28.7 Å². The van der Waals surface area contributed by atoms with Crippen LogP contribution in [0.1, 0.15) is 21.5 Å². The van der Waals surface area contributed by atoms with Gasteiger partial charge in [-0.1, -0.05) is 29.8 Å². The lowest BCUT2D eigenvalue weighted by molar-refractivity contribution is -0.114. The number of amides is 1. The molecular weight excluding hydrogens is 452 g/mol. The van der Waals surface area contributed by atoms with E-state index in [1.807, 2.05) is 13.0 Å². The Balaban J connectivity index is 1.55. The van der Waals surface area contributed by atoms with Crippen molar-refractivity contribution in [1.29, 1.82) is 5.41 Å². The van der Waals surface area contributed by atoms with Crippen molar-refractivity contribution in [3.05, 3.63) is 70.8 Å². The van der Waals surface area contributed by atoms with Gasteiger partial charge in [-0.15, -0.1) is 0 Å². The molecule has 9 nitrogen and oxygen atoms in total. The zero-order valence-electron chi connectivity index (χ0n) is 16.9. The molecule has 0 aromatic heterocycles. The average molecular weight is 469 g/mol. The van der Waals surface area contributed by atoms with Gasteiger partial charge in [-0.3, -0.25) is 10.2 Å². The van der Waals surface area contributed by atoms with Gasteiger partial charge in [0.05, 0.1) is 23.1 Å². The number of rotatable bonds is 3. The Kier molecular flexibility index (Phi) is 5.53. The highest BCUT2D eigenvalue weighted by Gasteiger charge is 2.41. The van der Waals surface area contributed by atoms with E-state index in [1.165, 1.54) is 6.08 Å². The van der Waals surface area contributed by atoms with Crippen LogP contribution in [0, 0.1) is 12.3 Å². The lowest BCUT2D eigenvalue weighted by atomic mass is 10.1. The number of carbonyl (C=O) groups is 2. The quantitative estimate of drug-likeness (QED) is 0.317. The number of benzene rings is 2. The zero-order valence-corrected chi connectivity index (χ0v) is 18.5. The minimum Gasteiger partial charge on any atom is -0.423 e. The molecule has 0 bridgehead atoms. The maximum atomic E-state index is 12.4. The monoisotopic (exact) mass is 468 g/mol. The third-order valence-electron chi connectivity index (χ3n) is 4.48. The summed E-state index contributed by atoms with van der Waals surface area (Å²) in [6, 6.07) is 13.4. The first-order valence-corrected chi connectivity index (χ1v) is 11.9. The molecule has 2 aromatic carbocycles. The number of hydrogen-bond donors (Lipinski definition) is 1. The van der Waals surface area contributed by atoms with E-state index in [1.54, 1.807) is 42.5 Å². The van der Waals surface area contributed by atoms with E-state index in [9.17, 15) is 18.0 Å². The maximum absolute atomic E-state index is 12.4. The lowest BCUT2D eigenvalue weighted by Gasteiger charge is -2.23. The van der Waals surface area contributed by atoms with Crippen molar-refractivity contribution in [3.8, 4) is 5.75 Å². The number of sulfone groups is 1. The molecule has 1 amide bonds. The highest BCUT2D eigenvalue weighted by Crippen LogP contribution is 2.29. The van der Waals surface area contributed by atoms with E-state index in [-0.39, 0.29) is 21.7 Å². The number of esters is 1. The van der Waals surface area contributed by atoms with Crippen molar-refractivity contribution in [3.63, 3.8) is 0 Å². The molecule has 1 N–H and O–H groups in total. The summed E-state index contributed by atoms with van der Waals surface area (Å²) >= 11 is 0.731. The van der Waals surface area contributed by atoms with Gasteiger partial charge in [0.25, 0.3) is 5.91 Å². The average Bonchev–Trinajstić information content (AvgIpc) is 3.17. The second kappa shape index (κ2) is 8.17. The predicted molar refractivity (Wildman–Crippen MR) is 122 cm³/mol. The van der Waals surface area contributed by atoms with Gasteiger partial charge in [0.2, 0.25) is 20.2 Å². The molecule has 0 fully saturated rings. The Hall–Kier alpha value is -3.57. The highest BCUT2D eigenvalue weighted by molar-refractivity contribution is 8.16. The van der Waals surface area contributed by atoms with Crippen molar-refractivity contribution in [1.82, 2.24) is 4.90 Å². The van der Waals surface area contributed by atoms with E-state index in [2.05, 4.69) is 9.39 Å². The molecule has 11 heteroatoms. The third-order valence-corrected chi connectivity index (χ3v) is 6.24. The Labute approximate surface area is 188 Å². The van der Waals surface area contributed by atoms with Crippen LogP contribution >= 0.6 is 11.9 Å². The topological polar surface area (TPSA) is 129 Å². The van der Waals surface area contributed by atoms with E-state index >= 15 is 0 Å². The first kappa shape index (κ1) is 21.7. The fraction of sp³-hybridized carbons (Fsp3) is 0.0952. The van der Waals surface area contributed by atoms with E-state index in [4.69, 9.17) is 10.1 Å². The molecule has 0 radical (unpaired) electrons. The normalized spacial score (nSPS) is 17.2. The van der Waals surface area contributed by atoms with Crippen molar-refractivity contribution >= 4 is 55.9 Å². The van der Waals surface area contributed by atoms with E-state index in [0.29, 0.717) is 16.9 Å². The highest BCUT2D eigenvalue weighted by atomic mass is 32.2. The van der Waals surface area contributed by atoms with Crippen LogP contribution in [-0.2, 0) is 14.6 Å². The predicted octanol–water partition coefficient (Wildman–Crippen LogP) is 2.84. The smallest absolute Gasteiger partial charge is 0.343 e. The number of nitrogens with one attached hydrogen (secondary N) is 1. The van der Waals surface area contributed by atoms with Crippen molar-refractivity contribution in [2.75, 3.05) is 6.26 Å². The fourth-order valence-electron chi connectivity index (χ4n) is 2.97. The van der Waals surface area contributed by atoms with E-state index < -0.39 is 21.7 Å². The second-order valence-corrected chi connectivity index (χ2v) is 9.65. The number of ether oxygens (including phenoxy) is 1. The van der Waals surface area contributed by atoms with Crippen molar-refractivity contribution in [2.24, 2.45) is 9.39 Å². The van der Waals surface area contributed by atoms with Crippen LogP contribution in [0.3, 0.4) is 0 Å². The van der Waals surface area contributed by atoms with Gasteiger partial charge in [-0.05, 0) is 42.8 Å². The molecule has 0 aliphatic carbocycles. The van der Waals surface area contributed by atoms with Gasteiger partial charge in [0.15, 0.2) is 0 Å². The molecule has 2 aromatic rings. The number of fused-ring (bicyclic) bond motifs is 1. The molecule has 0 unspecified atom stereocenters. The molecule has 2 aliphatic rings. The van der Waals surface area contributed by atoms with Crippen LogP contribution in [0.4, 0.5) is 0 Å². The summed E-state index contributed by atoms with van der Waals surface area (Å²) in [6.45, 7) is 1.88. The molecule has 0 saturated heterocycles. The van der Waals surface area contributed by atoms with Gasteiger partial charge in [-0.2, -0.15) is 9.39 Å². The molecule has 0 saturated carbocycles. The van der Waals surface area contributed by atoms with Crippen LogP contribution in [0.15, 0.2) is 63.5 Å². The molecule has 32 heavy (non-hydrogen) atoms. The van der Waals surface area contributed by atoms with Crippen LogP contribution in [0.2, 0.25) is 0 Å². The minimum atomic E-state index is -3.72. The SMILES string of the molecule is Cc1cccc(C(=O)Oc2ccc(/C=C3/C(=N)N4C(=NC3=O)SN=C4S(C)(=O)=O)cc2)c1. The molecule has 0 atom stereocenters. The van der Waals surface area contributed by atoms with Crippen molar-refractivity contribution in [2.45, 2.75) is 6.92 Å². The van der Waals surface area contributed by atoms with Crippen LogP contribution in [0.5, 0.6) is 5.75 Å². The summed E-state index contributed by atoms with van der Waals surface area (Å²) in [5.74, 6) is -1.19. The minimum absolute atomic E-state index is 0.0241. The number of nitrogens with zero attached hydrogens (tertiary/aromatic N) is 3. The summed E-state index contributed by atoms with van der Waals surface area (Å²) in [7, 11) is -3.72. The van der Waals surface area contributed by atoms with Gasteiger partial charge in [0, 0.05) is 6.26 Å². The largest absolute Gasteiger partial charge is 0.423 e. The molecular formula is C21H16N4O5S2. The molecule has 162 valence electrons. The lowest BCUT2D eigenvalue weighted by Crippen LogP contribution is -2.45. The first-order chi connectivity index (χ1) is 15.1. The Morgan fingerprint density at radius 1 is 1.19 bits per heavy atom. The zero-order chi connectivity index (χ0) is 23.0. The summed E-state index contributed by atoms with van der Waals surface area (Å²) in [4.78, 5) is 29.6. The van der Waals surface area contributed by atoms with Gasteiger partial charge in [0.1, 0.15) is 11.6 Å². The number of carbonyl (C=O) groups excluding carboxylic acids is 2.